The van der Waals surface area contributed by atoms with Gasteiger partial charge in [0.2, 0.25) is 0 Å². The summed E-state index contributed by atoms with van der Waals surface area (Å²) in [6, 6.07) is 8.52. The molecule has 5 nitrogen and oxygen atoms in total. The number of benzene rings is 1. The Balaban J connectivity index is 2.86. The summed E-state index contributed by atoms with van der Waals surface area (Å²) in [6.07, 6.45) is 0. The van der Waals surface area contributed by atoms with Crippen LogP contribution in [0.1, 0.15) is 26.3 Å². The molecule has 1 unspecified atom stereocenters. The molecule has 110 valence electrons. The molecule has 0 aliphatic rings. The van der Waals surface area contributed by atoms with Gasteiger partial charge in [0.05, 0.1) is 0 Å². The molecule has 2 amide bonds. The third-order valence-corrected chi connectivity index (χ3v) is 3.30. The van der Waals surface area contributed by atoms with Gasteiger partial charge in [-0.05, 0) is 26.3 Å². The zero-order valence-electron chi connectivity index (χ0n) is 12.4. The van der Waals surface area contributed by atoms with Gasteiger partial charge in [0, 0.05) is 19.6 Å². The Kier molecular flexibility index (Phi) is 5.55. The molecule has 0 aromatic heterocycles. The quantitative estimate of drug-likeness (QED) is 0.899. The number of rotatable bonds is 5. The van der Waals surface area contributed by atoms with Crippen LogP contribution in [0.3, 0.4) is 0 Å². The van der Waals surface area contributed by atoms with E-state index in [0.717, 1.165) is 5.56 Å². The highest BCUT2D eigenvalue weighted by Gasteiger charge is 2.27. The molecule has 0 heterocycles. The predicted molar refractivity (Wildman–Crippen MR) is 77.4 cm³/mol. The summed E-state index contributed by atoms with van der Waals surface area (Å²) in [5.74, 6) is -1.01. The first-order valence-electron chi connectivity index (χ1n) is 6.64. The van der Waals surface area contributed by atoms with Crippen molar-refractivity contribution in [2.45, 2.75) is 39.4 Å². The summed E-state index contributed by atoms with van der Waals surface area (Å²) in [6.45, 7) is 5.80. The minimum absolute atomic E-state index is 0.00819. The molecule has 0 saturated carbocycles. The number of urea groups is 1. The number of carboxylic acid groups (broad SMARTS) is 1. The van der Waals surface area contributed by atoms with Crippen LogP contribution in [-0.4, -0.2) is 46.0 Å². The highest BCUT2D eigenvalue weighted by molar-refractivity contribution is 5.82. The number of hydrogen-bond donors (Lipinski definition) is 1. The van der Waals surface area contributed by atoms with Gasteiger partial charge in [-0.3, -0.25) is 0 Å². The van der Waals surface area contributed by atoms with Crippen LogP contribution in [0.15, 0.2) is 30.3 Å². The van der Waals surface area contributed by atoms with Gasteiger partial charge in [-0.25, -0.2) is 9.59 Å². The number of hydrogen-bond acceptors (Lipinski definition) is 2. The molecule has 5 heteroatoms. The SMILES string of the molecule is CC(C(=O)O)N(C)C(=O)N(Cc1ccccc1)C(C)C. The summed E-state index contributed by atoms with van der Waals surface area (Å²) in [7, 11) is 1.52. The number of amides is 2. The fourth-order valence-electron chi connectivity index (χ4n) is 1.79. The Morgan fingerprint density at radius 1 is 1.15 bits per heavy atom. The molecule has 0 spiro atoms. The summed E-state index contributed by atoms with van der Waals surface area (Å²) >= 11 is 0. The Morgan fingerprint density at radius 3 is 2.15 bits per heavy atom. The van der Waals surface area contributed by atoms with Gasteiger partial charge in [-0.2, -0.15) is 0 Å². The zero-order valence-corrected chi connectivity index (χ0v) is 12.4. The van der Waals surface area contributed by atoms with Crippen LogP contribution in [0.5, 0.6) is 0 Å². The highest BCUT2D eigenvalue weighted by atomic mass is 16.4. The van der Waals surface area contributed by atoms with Gasteiger partial charge in [0.1, 0.15) is 6.04 Å². The number of likely N-dealkylation sites (N-methyl/N-ethyl adjacent to an activating group) is 1. The monoisotopic (exact) mass is 278 g/mol. The van der Waals surface area contributed by atoms with Crippen molar-refractivity contribution in [1.82, 2.24) is 9.80 Å². The molecule has 0 aliphatic carbocycles. The van der Waals surface area contributed by atoms with E-state index in [4.69, 9.17) is 5.11 Å². The van der Waals surface area contributed by atoms with Crippen molar-refractivity contribution < 1.29 is 14.7 Å². The maximum atomic E-state index is 12.4. The van der Waals surface area contributed by atoms with E-state index in [1.54, 1.807) is 4.90 Å². The summed E-state index contributed by atoms with van der Waals surface area (Å²) < 4.78 is 0. The second kappa shape index (κ2) is 6.93. The van der Waals surface area contributed by atoms with Crippen LogP contribution < -0.4 is 0 Å². The van der Waals surface area contributed by atoms with E-state index >= 15 is 0 Å². The van der Waals surface area contributed by atoms with Crippen LogP contribution in [0, 0.1) is 0 Å². The van der Waals surface area contributed by atoms with E-state index in [1.807, 2.05) is 44.2 Å². The average Bonchev–Trinajstić information content (AvgIpc) is 2.43. The van der Waals surface area contributed by atoms with Crippen LogP contribution in [0.25, 0.3) is 0 Å². The van der Waals surface area contributed by atoms with Gasteiger partial charge in [-0.1, -0.05) is 30.3 Å². The molecule has 1 N–H and O–H groups in total. The lowest BCUT2D eigenvalue weighted by atomic mass is 10.2. The zero-order chi connectivity index (χ0) is 15.3. The Bertz CT molecular complexity index is 459. The normalized spacial score (nSPS) is 12.1. The van der Waals surface area contributed by atoms with Crippen molar-refractivity contribution in [2.24, 2.45) is 0 Å². The predicted octanol–water partition coefficient (Wildman–Crippen LogP) is 2.42. The van der Waals surface area contributed by atoms with E-state index in [9.17, 15) is 9.59 Å². The van der Waals surface area contributed by atoms with Gasteiger partial charge in [-0.15, -0.1) is 0 Å². The second-order valence-electron chi connectivity index (χ2n) is 5.11. The first-order chi connectivity index (χ1) is 9.34. The van der Waals surface area contributed by atoms with Crippen LogP contribution in [0.4, 0.5) is 4.79 Å². The van der Waals surface area contributed by atoms with Crippen molar-refractivity contribution in [3.63, 3.8) is 0 Å². The fraction of sp³-hybridized carbons (Fsp3) is 0.467. The van der Waals surface area contributed by atoms with Gasteiger partial charge < -0.3 is 14.9 Å². The molecule has 20 heavy (non-hydrogen) atoms. The van der Waals surface area contributed by atoms with Crippen molar-refractivity contribution >= 4 is 12.0 Å². The smallest absolute Gasteiger partial charge is 0.326 e. The standard InChI is InChI=1S/C15H22N2O3/c1-11(2)17(10-13-8-6-5-7-9-13)15(20)16(4)12(3)14(18)19/h5-9,11-12H,10H2,1-4H3,(H,18,19). The topological polar surface area (TPSA) is 60.9 Å². The molecule has 1 rings (SSSR count). The molecule has 0 aliphatic heterocycles. The molecule has 1 aromatic rings. The number of carbonyl (C=O) groups excluding carboxylic acids is 1. The molecule has 0 bridgehead atoms. The van der Waals surface area contributed by atoms with Gasteiger partial charge in [0.15, 0.2) is 0 Å². The molecule has 0 radical (unpaired) electrons. The van der Waals surface area contributed by atoms with Crippen molar-refractivity contribution in [1.29, 1.82) is 0 Å². The third-order valence-electron chi connectivity index (χ3n) is 3.30. The molecule has 0 fully saturated rings. The Hall–Kier alpha value is -2.04. The number of nitrogens with zero attached hydrogens (tertiary/aromatic N) is 2. The lowest BCUT2D eigenvalue weighted by molar-refractivity contribution is -0.141. The molecule has 0 saturated heterocycles. The highest BCUT2D eigenvalue weighted by Crippen LogP contribution is 2.12. The lowest BCUT2D eigenvalue weighted by Crippen LogP contribution is -2.49. The fourth-order valence-corrected chi connectivity index (χ4v) is 1.79. The summed E-state index contributed by atoms with van der Waals surface area (Å²) in [5, 5.41) is 9.00. The maximum Gasteiger partial charge on any atom is 0.326 e. The maximum absolute atomic E-state index is 12.4. The molecule has 1 aromatic carbocycles. The lowest BCUT2D eigenvalue weighted by Gasteiger charge is -2.33. The summed E-state index contributed by atoms with van der Waals surface area (Å²) in [5.41, 5.74) is 1.02. The van der Waals surface area contributed by atoms with Crippen LogP contribution in [-0.2, 0) is 11.3 Å². The van der Waals surface area contributed by atoms with Crippen LogP contribution >= 0.6 is 0 Å². The molecule has 1 atom stereocenters. The summed E-state index contributed by atoms with van der Waals surface area (Å²) in [4.78, 5) is 26.3. The van der Waals surface area contributed by atoms with Crippen molar-refractivity contribution in [3.8, 4) is 0 Å². The third kappa shape index (κ3) is 3.98. The van der Waals surface area contributed by atoms with E-state index in [0.29, 0.717) is 6.54 Å². The second-order valence-corrected chi connectivity index (χ2v) is 5.11. The first-order valence-corrected chi connectivity index (χ1v) is 6.64. The van der Waals surface area contributed by atoms with Gasteiger partial charge >= 0.3 is 12.0 Å². The van der Waals surface area contributed by atoms with E-state index in [-0.39, 0.29) is 12.1 Å². The van der Waals surface area contributed by atoms with Crippen molar-refractivity contribution in [3.05, 3.63) is 35.9 Å². The number of carbonyl (C=O) groups is 2. The number of aliphatic carboxylic acids is 1. The van der Waals surface area contributed by atoms with E-state index < -0.39 is 12.0 Å². The van der Waals surface area contributed by atoms with E-state index in [1.165, 1.54) is 18.9 Å². The number of carboxylic acids is 1. The van der Waals surface area contributed by atoms with Crippen LogP contribution in [0.2, 0.25) is 0 Å². The minimum atomic E-state index is -1.01. The Labute approximate surface area is 119 Å². The van der Waals surface area contributed by atoms with E-state index in [2.05, 4.69) is 0 Å². The van der Waals surface area contributed by atoms with Gasteiger partial charge in [0.25, 0.3) is 0 Å². The molecular weight excluding hydrogens is 256 g/mol. The Morgan fingerprint density at radius 2 is 1.70 bits per heavy atom. The largest absolute Gasteiger partial charge is 0.480 e. The first kappa shape index (κ1) is 16.0. The average molecular weight is 278 g/mol. The van der Waals surface area contributed by atoms with Crippen molar-refractivity contribution in [2.75, 3.05) is 7.05 Å². The minimum Gasteiger partial charge on any atom is -0.480 e. The molecular formula is C15H22N2O3.